The Morgan fingerprint density at radius 2 is 1.76 bits per heavy atom. The predicted octanol–water partition coefficient (Wildman–Crippen LogP) is 3.00. The fraction of sp³-hybridized carbons (Fsp3) is 0.278. The lowest BCUT2D eigenvalue weighted by molar-refractivity contribution is 0.0793. The molecule has 2 aromatic rings. The molecule has 1 amide bonds. The van der Waals surface area contributed by atoms with E-state index in [1.165, 1.54) is 24.3 Å². The quantitative estimate of drug-likeness (QED) is 0.889. The molecule has 1 saturated heterocycles. The van der Waals surface area contributed by atoms with Crippen molar-refractivity contribution in [3.63, 3.8) is 0 Å². The molecule has 2 aromatic carbocycles. The molecule has 25 heavy (non-hydrogen) atoms. The summed E-state index contributed by atoms with van der Waals surface area (Å²) in [6, 6.07) is 11.8. The number of rotatable bonds is 5. The molecule has 0 radical (unpaired) electrons. The Labute approximate surface area is 146 Å². The van der Waals surface area contributed by atoms with Gasteiger partial charge in [0, 0.05) is 24.3 Å². The summed E-state index contributed by atoms with van der Waals surface area (Å²) >= 11 is 0. The van der Waals surface area contributed by atoms with E-state index in [0.29, 0.717) is 16.8 Å². The number of amides is 1. The van der Waals surface area contributed by atoms with E-state index < -0.39 is 15.8 Å². The summed E-state index contributed by atoms with van der Waals surface area (Å²) in [6.07, 6.45) is 1.99. The zero-order chi connectivity index (χ0) is 17.9. The van der Waals surface area contributed by atoms with Crippen molar-refractivity contribution in [3.8, 4) is 0 Å². The molecule has 0 atom stereocenters. The number of nitrogens with zero attached hydrogens (tertiary/aromatic N) is 1. The number of likely N-dealkylation sites (tertiary alicyclic amines) is 1. The van der Waals surface area contributed by atoms with Crippen LogP contribution < -0.4 is 4.72 Å². The number of hydrogen-bond donors (Lipinski definition) is 1. The molecule has 3 rings (SSSR count). The van der Waals surface area contributed by atoms with Crippen LogP contribution in [0.5, 0.6) is 0 Å². The maximum absolute atomic E-state index is 12.9. The molecule has 1 aliphatic heterocycles. The molecule has 7 heteroatoms. The first-order chi connectivity index (χ1) is 11.9. The largest absolute Gasteiger partial charge is 0.339 e. The summed E-state index contributed by atoms with van der Waals surface area (Å²) in [6.45, 7) is 1.47. The second-order valence-electron chi connectivity index (χ2n) is 6.07. The smallest absolute Gasteiger partial charge is 0.253 e. The fourth-order valence-corrected chi connectivity index (χ4v) is 4.02. The summed E-state index contributed by atoms with van der Waals surface area (Å²) in [5.41, 5.74) is 1.29. The van der Waals surface area contributed by atoms with Crippen molar-refractivity contribution in [2.75, 3.05) is 17.8 Å². The zero-order valence-electron chi connectivity index (χ0n) is 13.6. The molecule has 0 bridgehead atoms. The Bertz CT molecular complexity index is 860. The zero-order valence-corrected chi connectivity index (χ0v) is 14.4. The van der Waals surface area contributed by atoms with E-state index in [9.17, 15) is 17.6 Å². The maximum Gasteiger partial charge on any atom is 0.253 e. The third kappa shape index (κ3) is 4.57. The van der Waals surface area contributed by atoms with Crippen LogP contribution in [0, 0.1) is 5.82 Å². The van der Waals surface area contributed by atoms with Crippen molar-refractivity contribution in [2.24, 2.45) is 0 Å². The van der Waals surface area contributed by atoms with Gasteiger partial charge in [-0.1, -0.05) is 18.2 Å². The third-order valence-electron chi connectivity index (χ3n) is 4.05. The molecule has 0 saturated carbocycles. The van der Waals surface area contributed by atoms with Crippen LogP contribution in [-0.4, -0.2) is 32.3 Å². The molecule has 1 N–H and O–H groups in total. The normalized spacial score (nSPS) is 14.5. The van der Waals surface area contributed by atoms with Crippen molar-refractivity contribution in [1.82, 2.24) is 4.90 Å². The second-order valence-corrected chi connectivity index (χ2v) is 7.79. The van der Waals surface area contributed by atoms with Crippen LogP contribution in [0.4, 0.5) is 10.1 Å². The van der Waals surface area contributed by atoms with Crippen LogP contribution in [0.3, 0.4) is 0 Å². The second kappa shape index (κ2) is 7.23. The molecule has 1 heterocycles. The molecule has 0 spiro atoms. The number of hydrogen-bond acceptors (Lipinski definition) is 3. The van der Waals surface area contributed by atoms with Crippen LogP contribution in [0.25, 0.3) is 0 Å². The van der Waals surface area contributed by atoms with E-state index in [4.69, 9.17) is 0 Å². The molecular formula is C18H19FN2O3S. The topological polar surface area (TPSA) is 66.5 Å². The van der Waals surface area contributed by atoms with E-state index in [2.05, 4.69) is 4.72 Å². The van der Waals surface area contributed by atoms with E-state index in [1.54, 1.807) is 29.2 Å². The summed E-state index contributed by atoms with van der Waals surface area (Å²) in [4.78, 5) is 14.2. The van der Waals surface area contributed by atoms with Gasteiger partial charge in [-0.05, 0) is 48.7 Å². The van der Waals surface area contributed by atoms with Crippen molar-refractivity contribution < 1.29 is 17.6 Å². The van der Waals surface area contributed by atoms with E-state index >= 15 is 0 Å². The first kappa shape index (κ1) is 17.4. The lowest BCUT2D eigenvalue weighted by Gasteiger charge is -2.16. The number of sulfonamides is 1. The van der Waals surface area contributed by atoms with Gasteiger partial charge in [0.25, 0.3) is 5.91 Å². The molecule has 5 nitrogen and oxygen atoms in total. The fourth-order valence-electron chi connectivity index (χ4n) is 2.83. The Kier molecular flexibility index (Phi) is 5.03. The first-order valence-electron chi connectivity index (χ1n) is 8.07. The standard InChI is InChI=1S/C18H19FN2O3S/c19-16-8-6-14(7-9-16)13-25(23,24)20-17-5-3-4-15(12-17)18(22)21-10-1-2-11-21/h3-9,12,20H,1-2,10-11,13H2. The number of nitrogens with one attached hydrogen (secondary N) is 1. The van der Waals surface area contributed by atoms with Gasteiger partial charge in [0.2, 0.25) is 10.0 Å². The maximum atomic E-state index is 12.9. The van der Waals surface area contributed by atoms with E-state index in [-0.39, 0.29) is 11.7 Å². The van der Waals surface area contributed by atoms with Gasteiger partial charge in [-0.25, -0.2) is 12.8 Å². The lowest BCUT2D eigenvalue weighted by atomic mass is 10.2. The van der Waals surface area contributed by atoms with E-state index in [1.807, 2.05) is 0 Å². The SMILES string of the molecule is O=C(c1cccc(NS(=O)(=O)Cc2ccc(F)cc2)c1)N1CCCC1. The Balaban J connectivity index is 1.72. The highest BCUT2D eigenvalue weighted by Crippen LogP contribution is 2.18. The highest BCUT2D eigenvalue weighted by atomic mass is 32.2. The van der Waals surface area contributed by atoms with Crippen LogP contribution in [-0.2, 0) is 15.8 Å². The molecule has 1 fully saturated rings. The van der Waals surface area contributed by atoms with Gasteiger partial charge in [0.05, 0.1) is 5.75 Å². The number of benzene rings is 2. The highest BCUT2D eigenvalue weighted by Gasteiger charge is 2.20. The van der Waals surface area contributed by atoms with Crippen molar-refractivity contribution in [3.05, 3.63) is 65.5 Å². The minimum atomic E-state index is -3.66. The minimum absolute atomic E-state index is 0.0860. The van der Waals surface area contributed by atoms with Gasteiger partial charge in [0.15, 0.2) is 0 Å². The van der Waals surface area contributed by atoms with E-state index in [0.717, 1.165) is 25.9 Å². The summed E-state index contributed by atoms with van der Waals surface area (Å²) in [7, 11) is -3.66. The highest BCUT2D eigenvalue weighted by molar-refractivity contribution is 7.91. The van der Waals surface area contributed by atoms with Crippen LogP contribution in [0.2, 0.25) is 0 Å². The first-order valence-corrected chi connectivity index (χ1v) is 9.72. The lowest BCUT2D eigenvalue weighted by Crippen LogP contribution is -2.27. The van der Waals surface area contributed by atoms with Gasteiger partial charge >= 0.3 is 0 Å². The van der Waals surface area contributed by atoms with Crippen molar-refractivity contribution in [2.45, 2.75) is 18.6 Å². The van der Waals surface area contributed by atoms with Gasteiger partial charge in [-0.15, -0.1) is 0 Å². The van der Waals surface area contributed by atoms with Crippen molar-refractivity contribution >= 4 is 21.6 Å². The molecule has 1 aliphatic rings. The number of carbonyl (C=O) groups is 1. The summed E-state index contributed by atoms with van der Waals surface area (Å²) in [5, 5.41) is 0. The monoisotopic (exact) mass is 362 g/mol. The number of anilines is 1. The van der Waals surface area contributed by atoms with Gasteiger partial charge in [-0.2, -0.15) is 0 Å². The van der Waals surface area contributed by atoms with Crippen LogP contribution in [0.1, 0.15) is 28.8 Å². The molecule has 0 aliphatic carbocycles. The minimum Gasteiger partial charge on any atom is -0.339 e. The van der Waals surface area contributed by atoms with Crippen LogP contribution in [0.15, 0.2) is 48.5 Å². The van der Waals surface area contributed by atoms with Crippen LogP contribution >= 0.6 is 0 Å². The summed E-state index contributed by atoms with van der Waals surface area (Å²) in [5.74, 6) is -0.767. The Morgan fingerprint density at radius 3 is 2.44 bits per heavy atom. The molecular weight excluding hydrogens is 343 g/mol. The average Bonchev–Trinajstić information content (AvgIpc) is 3.10. The molecule has 132 valence electrons. The average molecular weight is 362 g/mol. The van der Waals surface area contributed by atoms with Crippen molar-refractivity contribution in [1.29, 1.82) is 0 Å². The number of carbonyl (C=O) groups excluding carboxylic acids is 1. The summed E-state index contributed by atoms with van der Waals surface area (Å²) < 4.78 is 40.0. The Hall–Kier alpha value is -2.41. The molecule has 0 unspecified atom stereocenters. The van der Waals surface area contributed by atoms with Gasteiger partial charge < -0.3 is 4.90 Å². The predicted molar refractivity (Wildman–Crippen MR) is 94.2 cm³/mol. The Morgan fingerprint density at radius 1 is 1.08 bits per heavy atom. The van der Waals surface area contributed by atoms with Gasteiger partial charge in [0.1, 0.15) is 5.82 Å². The van der Waals surface area contributed by atoms with Gasteiger partial charge in [-0.3, -0.25) is 9.52 Å². The molecule has 0 aromatic heterocycles. The third-order valence-corrected chi connectivity index (χ3v) is 5.31. The number of halogens is 1.